The summed E-state index contributed by atoms with van der Waals surface area (Å²) in [6.45, 7) is 1.96. The van der Waals surface area contributed by atoms with Crippen molar-refractivity contribution in [3.05, 3.63) is 16.2 Å². The molecule has 0 saturated heterocycles. The average molecular weight is 318 g/mol. The van der Waals surface area contributed by atoms with E-state index < -0.39 is 14.8 Å². The molecule has 0 aromatic carbocycles. The molecule has 0 bridgehead atoms. The number of nitro groups is 1. The summed E-state index contributed by atoms with van der Waals surface area (Å²) in [7, 11) is -3.42. The van der Waals surface area contributed by atoms with E-state index in [1.165, 1.54) is 12.8 Å². The number of sulfone groups is 1. The smallest absolute Gasteiger partial charge is 0.304 e. The topological polar surface area (TPSA) is 89.3 Å². The van der Waals surface area contributed by atoms with E-state index in [4.69, 9.17) is 0 Å². The molecule has 1 aromatic heterocycles. The van der Waals surface area contributed by atoms with E-state index in [0.29, 0.717) is 5.00 Å². The predicted octanol–water partition coefficient (Wildman–Crippen LogP) is 3.05. The maximum atomic E-state index is 11.5. The van der Waals surface area contributed by atoms with Crippen molar-refractivity contribution in [2.75, 3.05) is 11.6 Å². The zero-order chi connectivity index (χ0) is 14.9. The Balaban J connectivity index is 2.12. The highest BCUT2D eigenvalue weighted by atomic mass is 32.2. The molecule has 8 heteroatoms. The standard InChI is InChI=1S/C12H18N2O4S2/c1-8(3-4-9-5-6-9)13-12-10(14(15)16)7-11(19-12)20(2,17)18/h7-9,13H,3-6H2,1-2H3. The summed E-state index contributed by atoms with van der Waals surface area (Å²) < 4.78 is 23.0. The molecule has 1 aliphatic rings. The van der Waals surface area contributed by atoms with Crippen molar-refractivity contribution in [1.82, 2.24) is 0 Å². The summed E-state index contributed by atoms with van der Waals surface area (Å²) >= 11 is 0.932. The molecule has 1 saturated carbocycles. The highest BCUT2D eigenvalue weighted by Crippen LogP contribution is 2.38. The highest BCUT2D eigenvalue weighted by molar-refractivity contribution is 7.92. The Morgan fingerprint density at radius 1 is 1.55 bits per heavy atom. The lowest BCUT2D eigenvalue weighted by Crippen LogP contribution is -2.15. The molecule has 1 atom stereocenters. The molecule has 6 nitrogen and oxygen atoms in total. The third-order valence-corrected chi connectivity index (χ3v) is 6.19. The van der Waals surface area contributed by atoms with Crippen LogP contribution in [0.2, 0.25) is 0 Å². The van der Waals surface area contributed by atoms with E-state index >= 15 is 0 Å². The van der Waals surface area contributed by atoms with Gasteiger partial charge >= 0.3 is 5.69 Å². The van der Waals surface area contributed by atoms with E-state index in [1.807, 2.05) is 6.92 Å². The molecule has 1 fully saturated rings. The van der Waals surface area contributed by atoms with Crippen LogP contribution in [0.25, 0.3) is 0 Å². The lowest BCUT2D eigenvalue weighted by atomic mass is 10.1. The van der Waals surface area contributed by atoms with E-state index in [-0.39, 0.29) is 15.9 Å². The average Bonchev–Trinajstić information content (AvgIpc) is 3.04. The maximum Gasteiger partial charge on any atom is 0.304 e. The molecule has 0 aliphatic heterocycles. The molecule has 112 valence electrons. The van der Waals surface area contributed by atoms with Gasteiger partial charge in [0, 0.05) is 18.4 Å². The summed E-state index contributed by atoms with van der Waals surface area (Å²) in [5.74, 6) is 0.809. The Bertz CT molecular complexity index is 605. The van der Waals surface area contributed by atoms with E-state index in [0.717, 1.165) is 42.4 Å². The van der Waals surface area contributed by atoms with Crippen LogP contribution in [0.1, 0.15) is 32.6 Å². The van der Waals surface area contributed by atoms with Crippen LogP contribution in [-0.2, 0) is 9.84 Å². The predicted molar refractivity (Wildman–Crippen MR) is 79.1 cm³/mol. The van der Waals surface area contributed by atoms with Gasteiger partial charge in [0.2, 0.25) is 0 Å². The van der Waals surface area contributed by atoms with Gasteiger partial charge in [0.15, 0.2) is 14.8 Å². The van der Waals surface area contributed by atoms with Crippen molar-refractivity contribution in [3.8, 4) is 0 Å². The number of anilines is 1. The van der Waals surface area contributed by atoms with Crippen molar-refractivity contribution in [2.45, 2.75) is 42.9 Å². The first kappa shape index (κ1) is 15.2. The highest BCUT2D eigenvalue weighted by Gasteiger charge is 2.26. The molecule has 1 aliphatic carbocycles. The van der Waals surface area contributed by atoms with Gasteiger partial charge in [0.05, 0.1) is 4.92 Å². The summed E-state index contributed by atoms with van der Waals surface area (Å²) in [6.07, 6.45) is 5.68. The first-order valence-corrected chi connectivity index (χ1v) is 9.23. The van der Waals surface area contributed by atoms with Crippen LogP contribution < -0.4 is 5.32 Å². The van der Waals surface area contributed by atoms with Crippen molar-refractivity contribution in [1.29, 1.82) is 0 Å². The van der Waals surface area contributed by atoms with Gasteiger partial charge in [-0.05, 0) is 25.7 Å². The Labute approximate surface area is 122 Å². The zero-order valence-corrected chi connectivity index (χ0v) is 13.1. The molecule has 1 heterocycles. The fourth-order valence-corrected chi connectivity index (χ4v) is 4.02. The largest absolute Gasteiger partial charge is 0.369 e. The molecule has 1 unspecified atom stereocenters. The molecular weight excluding hydrogens is 300 g/mol. The third-order valence-electron chi connectivity index (χ3n) is 3.33. The SMILES string of the molecule is CC(CCC1CC1)Nc1sc(S(C)(=O)=O)cc1[N+](=O)[O-]. The van der Waals surface area contributed by atoms with Crippen LogP contribution in [0.3, 0.4) is 0 Å². The van der Waals surface area contributed by atoms with Gasteiger partial charge in [-0.2, -0.15) is 0 Å². The first-order valence-electron chi connectivity index (χ1n) is 6.52. The van der Waals surface area contributed by atoms with Gasteiger partial charge < -0.3 is 5.32 Å². The Hall–Kier alpha value is -1.15. The number of hydrogen-bond donors (Lipinski definition) is 1. The van der Waals surface area contributed by atoms with E-state index in [9.17, 15) is 18.5 Å². The number of nitrogens with zero attached hydrogens (tertiary/aromatic N) is 1. The molecule has 0 radical (unpaired) electrons. The molecule has 1 aromatic rings. The van der Waals surface area contributed by atoms with Gasteiger partial charge in [-0.25, -0.2) is 8.42 Å². The van der Waals surface area contributed by atoms with Crippen LogP contribution >= 0.6 is 11.3 Å². The maximum absolute atomic E-state index is 11.5. The quantitative estimate of drug-likeness (QED) is 0.616. The van der Waals surface area contributed by atoms with Crippen LogP contribution in [-0.4, -0.2) is 25.6 Å². The molecule has 1 N–H and O–H groups in total. The van der Waals surface area contributed by atoms with Crippen molar-refractivity contribution < 1.29 is 13.3 Å². The minimum atomic E-state index is -3.42. The lowest BCUT2D eigenvalue weighted by molar-refractivity contribution is -0.383. The second kappa shape index (κ2) is 5.69. The van der Waals surface area contributed by atoms with Gasteiger partial charge in [-0.3, -0.25) is 10.1 Å². The fourth-order valence-electron chi connectivity index (χ4n) is 1.97. The van der Waals surface area contributed by atoms with Gasteiger partial charge in [-0.15, -0.1) is 0 Å². The second-order valence-corrected chi connectivity index (χ2v) is 8.67. The van der Waals surface area contributed by atoms with Crippen molar-refractivity contribution in [3.63, 3.8) is 0 Å². The number of thiophene rings is 1. The molecule has 0 spiro atoms. The summed E-state index contributed by atoms with van der Waals surface area (Å²) in [6, 6.07) is 1.23. The summed E-state index contributed by atoms with van der Waals surface area (Å²) in [4.78, 5) is 10.5. The minimum absolute atomic E-state index is 0.0288. The van der Waals surface area contributed by atoms with Crippen LogP contribution in [0.4, 0.5) is 10.7 Å². The minimum Gasteiger partial charge on any atom is -0.369 e. The van der Waals surface area contributed by atoms with Crippen LogP contribution in [0.5, 0.6) is 0 Å². The number of rotatable bonds is 7. The fraction of sp³-hybridized carbons (Fsp3) is 0.667. The zero-order valence-electron chi connectivity index (χ0n) is 11.5. The van der Waals surface area contributed by atoms with Gasteiger partial charge in [-0.1, -0.05) is 24.2 Å². The summed E-state index contributed by atoms with van der Waals surface area (Å²) in [5.41, 5.74) is -0.159. The number of hydrogen-bond acceptors (Lipinski definition) is 6. The second-order valence-electron chi connectivity index (χ2n) is 5.38. The lowest BCUT2D eigenvalue weighted by Gasteiger charge is -2.12. The van der Waals surface area contributed by atoms with E-state index in [2.05, 4.69) is 5.32 Å². The normalized spacial score (nSPS) is 16.9. The van der Waals surface area contributed by atoms with Crippen molar-refractivity contribution in [2.24, 2.45) is 5.92 Å². The summed E-state index contributed by atoms with van der Waals surface area (Å²) in [5, 5.41) is 14.4. The monoisotopic (exact) mass is 318 g/mol. The Morgan fingerprint density at radius 3 is 2.70 bits per heavy atom. The Morgan fingerprint density at radius 2 is 2.20 bits per heavy atom. The number of nitrogens with one attached hydrogen (secondary N) is 1. The molecule has 2 rings (SSSR count). The Kier molecular flexibility index (Phi) is 4.33. The molecule has 0 amide bonds. The molecule has 20 heavy (non-hydrogen) atoms. The first-order chi connectivity index (χ1) is 9.27. The van der Waals surface area contributed by atoms with Crippen molar-refractivity contribution >= 4 is 31.9 Å². The van der Waals surface area contributed by atoms with Crippen LogP contribution in [0, 0.1) is 16.0 Å². The molecular formula is C12H18N2O4S2. The van der Waals surface area contributed by atoms with Crippen LogP contribution in [0.15, 0.2) is 10.3 Å². The van der Waals surface area contributed by atoms with E-state index in [1.54, 1.807) is 0 Å². The third kappa shape index (κ3) is 3.92. The van der Waals surface area contributed by atoms with Gasteiger partial charge in [0.25, 0.3) is 0 Å². The van der Waals surface area contributed by atoms with Gasteiger partial charge in [0.1, 0.15) is 4.21 Å².